The summed E-state index contributed by atoms with van der Waals surface area (Å²) >= 11 is 0. The van der Waals surface area contributed by atoms with Gasteiger partial charge < -0.3 is 10.4 Å². The van der Waals surface area contributed by atoms with Crippen molar-refractivity contribution in [3.63, 3.8) is 0 Å². The molecule has 0 radical (unpaired) electrons. The first-order chi connectivity index (χ1) is 8.74. The first-order valence-electron chi connectivity index (χ1n) is 6.62. The summed E-state index contributed by atoms with van der Waals surface area (Å²) < 4.78 is 0. The number of aliphatic hydroxyl groups is 1. The Kier molecular flexibility index (Phi) is 4.22. The van der Waals surface area contributed by atoms with Gasteiger partial charge in [-0.05, 0) is 37.5 Å². The van der Waals surface area contributed by atoms with Crippen molar-refractivity contribution in [2.75, 3.05) is 11.9 Å². The van der Waals surface area contributed by atoms with Gasteiger partial charge in [-0.3, -0.25) is 0 Å². The molecule has 1 aliphatic carbocycles. The molecule has 3 heteroatoms. The van der Waals surface area contributed by atoms with Gasteiger partial charge in [0.05, 0.1) is 11.3 Å². The third-order valence-electron chi connectivity index (χ3n) is 3.78. The van der Waals surface area contributed by atoms with Gasteiger partial charge in [-0.1, -0.05) is 18.9 Å². The lowest BCUT2D eigenvalue weighted by atomic mass is 9.85. The Morgan fingerprint density at radius 3 is 2.89 bits per heavy atom. The molecule has 1 aromatic carbocycles. The monoisotopic (exact) mass is 244 g/mol. The highest BCUT2D eigenvalue weighted by Crippen LogP contribution is 2.28. The molecule has 0 spiro atoms. The Bertz CT molecular complexity index is 450. The van der Waals surface area contributed by atoms with E-state index in [-0.39, 0.29) is 6.61 Å². The van der Waals surface area contributed by atoms with Crippen molar-refractivity contribution in [2.45, 2.75) is 38.6 Å². The third kappa shape index (κ3) is 2.83. The number of rotatable bonds is 3. The Labute approximate surface area is 108 Å². The molecule has 0 aromatic heterocycles. The number of nitrogens with zero attached hydrogens (tertiary/aromatic N) is 1. The third-order valence-corrected chi connectivity index (χ3v) is 3.78. The van der Waals surface area contributed by atoms with E-state index in [0.29, 0.717) is 17.5 Å². The maximum absolute atomic E-state index is 9.41. The van der Waals surface area contributed by atoms with Crippen molar-refractivity contribution in [1.82, 2.24) is 0 Å². The molecule has 2 unspecified atom stereocenters. The zero-order valence-corrected chi connectivity index (χ0v) is 10.8. The van der Waals surface area contributed by atoms with Gasteiger partial charge in [0.1, 0.15) is 6.07 Å². The van der Waals surface area contributed by atoms with Crippen LogP contribution in [-0.2, 0) is 0 Å². The summed E-state index contributed by atoms with van der Waals surface area (Å²) in [5, 5.41) is 22.0. The quantitative estimate of drug-likeness (QED) is 0.859. The topological polar surface area (TPSA) is 56.0 Å². The number of hydrogen-bond acceptors (Lipinski definition) is 3. The van der Waals surface area contributed by atoms with E-state index in [1.165, 1.54) is 12.8 Å². The number of anilines is 1. The minimum absolute atomic E-state index is 0.228. The standard InChI is InChI=1S/C15H20N2O/c1-11-6-7-15(13(8-11)9-16)17-14-5-3-2-4-12(14)10-18/h6-8,12,14,17-18H,2-5,10H2,1H3. The lowest BCUT2D eigenvalue weighted by molar-refractivity contribution is 0.178. The van der Waals surface area contributed by atoms with E-state index >= 15 is 0 Å². The van der Waals surface area contributed by atoms with Gasteiger partial charge in [-0.25, -0.2) is 0 Å². The van der Waals surface area contributed by atoms with E-state index in [0.717, 1.165) is 24.1 Å². The summed E-state index contributed by atoms with van der Waals surface area (Å²) in [6.45, 7) is 2.22. The second kappa shape index (κ2) is 5.88. The second-order valence-corrected chi connectivity index (χ2v) is 5.14. The molecule has 3 nitrogen and oxygen atoms in total. The molecular formula is C15H20N2O. The predicted molar refractivity (Wildman–Crippen MR) is 72.3 cm³/mol. The molecule has 0 aliphatic heterocycles. The molecule has 96 valence electrons. The van der Waals surface area contributed by atoms with Crippen molar-refractivity contribution in [2.24, 2.45) is 5.92 Å². The Morgan fingerprint density at radius 2 is 2.17 bits per heavy atom. The SMILES string of the molecule is Cc1ccc(NC2CCCCC2CO)c(C#N)c1. The van der Waals surface area contributed by atoms with E-state index in [4.69, 9.17) is 5.26 Å². The lowest BCUT2D eigenvalue weighted by Gasteiger charge is -2.32. The van der Waals surface area contributed by atoms with E-state index in [1.54, 1.807) is 0 Å². The van der Waals surface area contributed by atoms with Crippen molar-refractivity contribution in [3.05, 3.63) is 29.3 Å². The van der Waals surface area contributed by atoms with Crippen LogP contribution < -0.4 is 5.32 Å². The maximum Gasteiger partial charge on any atom is 0.101 e. The van der Waals surface area contributed by atoms with Crippen LogP contribution in [0.1, 0.15) is 36.8 Å². The van der Waals surface area contributed by atoms with Gasteiger partial charge in [0, 0.05) is 18.6 Å². The van der Waals surface area contributed by atoms with Crippen LogP contribution in [0.2, 0.25) is 0 Å². The summed E-state index contributed by atoms with van der Waals surface area (Å²) in [6, 6.07) is 8.41. The second-order valence-electron chi connectivity index (χ2n) is 5.14. The van der Waals surface area contributed by atoms with Crippen LogP contribution in [0.25, 0.3) is 0 Å². The van der Waals surface area contributed by atoms with Gasteiger partial charge in [0.25, 0.3) is 0 Å². The number of benzene rings is 1. The number of aliphatic hydroxyl groups excluding tert-OH is 1. The minimum atomic E-state index is 0.228. The molecular weight excluding hydrogens is 224 g/mol. The molecule has 1 aromatic rings. The summed E-state index contributed by atoms with van der Waals surface area (Å²) in [5.41, 5.74) is 2.69. The molecule has 0 saturated heterocycles. The van der Waals surface area contributed by atoms with E-state index in [1.807, 2.05) is 25.1 Å². The van der Waals surface area contributed by atoms with Gasteiger partial charge >= 0.3 is 0 Å². The molecule has 0 amide bonds. The molecule has 0 bridgehead atoms. The number of nitrogens with one attached hydrogen (secondary N) is 1. The Morgan fingerprint density at radius 1 is 1.39 bits per heavy atom. The van der Waals surface area contributed by atoms with Crippen molar-refractivity contribution in [1.29, 1.82) is 5.26 Å². The van der Waals surface area contributed by atoms with Crippen LogP contribution in [0.5, 0.6) is 0 Å². The van der Waals surface area contributed by atoms with Crippen LogP contribution >= 0.6 is 0 Å². The average Bonchev–Trinajstić information content (AvgIpc) is 2.41. The molecule has 18 heavy (non-hydrogen) atoms. The maximum atomic E-state index is 9.41. The van der Waals surface area contributed by atoms with Gasteiger partial charge in [0.2, 0.25) is 0 Å². The smallest absolute Gasteiger partial charge is 0.101 e. The summed E-state index contributed by atoms with van der Waals surface area (Å²) in [7, 11) is 0. The van der Waals surface area contributed by atoms with Gasteiger partial charge in [-0.2, -0.15) is 5.26 Å². The van der Waals surface area contributed by atoms with Crippen LogP contribution in [0.15, 0.2) is 18.2 Å². The molecule has 2 atom stereocenters. The van der Waals surface area contributed by atoms with Crippen LogP contribution in [0.4, 0.5) is 5.69 Å². The molecule has 2 N–H and O–H groups in total. The van der Waals surface area contributed by atoms with E-state index in [2.05, 4.69) is 11.4 Å². The number of nitriles is 1. The fourth-order valence-electron chi connectivity index (χ4n) is 2.69. The lowest BCUT2D eigenvalue weighted by Crippen LogP contribution is -2.34. The normalized spacial score (nSPS) is 23.4. The average molecular weight is 244 g/mol. The summed E-state index contributed by atoms with van der Waals surface area (Å²) in [5.74, 6) is 0.312. The Hall–Kier alpha value is -1.53. The van der Waals surface area contributed by atoms with Gasteiger partial charge in [-0.15, -0.1) is 0 Å². The first kappa shape index (κ1) is 12.9. The van der Waals surface area contributed by atoms with Crippen LogP contribution in [0, 0.1) is 24.2 Å². The highest BCUT2D eigenvalue weighted by atomic mass is 16.3. The molecule has 1 aliphatic rings. The molecule has 1 fully saturated rings. The molecule has 0 heterocycles. The highest BCUT2D eigenvalue weighted by molar-refractivity contribution is 5.59. The minimum Gasteiger partial charge on any atom is -0.396 e. The fraction of sp³-hybridized carbons (Fsp3) is 0.533. The largest absolute Gasteiger partial charge is 0.396 e. The van der Waals surface area contributed by atoms with Crippen molar-refractivity contribution >= 4 is 5.69 Å². The fourth-order valence-corrected chi connectivity index (χ4v) is 2.69. The number of aryl methyl sites for hydroxylation is 1. The van der Waals surface area contributed by atoms with Gasteiger partial charge in [0.15, 0.2) is 0 Å². The molecule has 1 saturated carbocycles. The summed E-state index contributed by atoms with van der Waals surface area (Å²) in [4.78, 5) is 0. The predicted octanol–water partition coefficient (Wildman–Crippen LogP) is 2.83. The van der Waals surface area contributed by atoms with E-state index in [9.17, 15) is 5.11 Å². The van der Waals surface area contributed by atoms with Crippen LogP contribution in [0.3, 0.4) is 0 Å². The highest BCUT2D eigenvalue weighted by Gasteiger charge is 2.24. The first-order valence-corrected chi connectivity index (χ1v) is 6.62. The Balaban J connectivity index is 2.15. The van der Waals surface area contributed by atoms with Crippen LogP contribution in [-0.4, -0.2) is 17.8 Å². The van der Waals surface area contributed by atoms with Crippen molar-refractivity contribution < 1.29 is 5.11 Å². The zero-order chi connectivity index (χ0) is 13.0. The van der Waals surface area contributed by atoms with E-state index < -0.39 is 0 Å². The zero-order valence-electron chi connectivity index (χ0n) is 10.8. The number of hydrogen-bond donors (Lipinski definition) is 2. The molecule has 2 rings (SSSR count). The summed E-state index contributed by atoms with van der Waals surface area (Å²) in [6.07, 6.45) is 4.54. The van der Waals surface area contributed by atoms with Crippen molar-refractivity contribution in [3.8, 4) is 6.07 Å².